The highest BCUT2D eigenvalue weighted by Gasteiger charge is 2.44. The summed E-state index contributed by atoms with van der Waals surface area (Å²) in [5.41, 5.74) is 0. The second-order valence-electron chi connectivity index (χ2n) is 25.4. The molecule has 0 spiro atoms. The lowest BCUT2D eigenvalue weighted by Crippen LogP contribution is -2.60. The van der Waals surface area contributed by atoms with Crippen LogP contribution in [0, 0.1) is 0 Å². The molecule has 1 aliphatic rings. The predicted molar refractivity (Wildman–Crippen MR) is 359 cm³/mol. The number of aliphatic hydroxyl groups is 5. The Bertz CT molecular complexity index is 1510. The van der Waals surface area contributed by atoms with E-state index in [1.54, 1.807) is 6.08 Å². The van der Waals surface area contributed by atoms with Crippen molar-refractivity contribution >= 4 is 5.91 Å². The molecular formula is C75H139NO8. The third-order valence-corrected chi connectivity index (χ3v) is 17.3. The topological polar surface area (TPSA) is 149 Å². The molecule has 7 atom stereocenters. The molecule has 7 unspecified atom stereocenters. The van der Waals surface area contributed by atoms with Gasteiger partial charge in [0.25, 0.3) is 0 Å². The van der Waals surface area contributed by atoms with Gasteiger partial charge in [-0.05, 0) is 77.0 Å². The van der Waals surface area contributed by atoms with Gasteiger partial charge in [0.15, 0.2) is 6.29 Å². The molecule has 0 saturated carbocycles. The standard InChI is InChI=1S/C75H139NO8/c1-3-5-7-9-11-13-15-17-19-21-23-25-26-27-28-29-30-31-32-33-34-35-36-37-38-39-40-41-42-43-44-45-47-49-51-53-55-57-59-61-63-65-71(79)76-68(67-83-75-74(82)73(81)72(80)70(66-77)84-75)69(78)64-62-60-58-56-54-52-50-48-46-24-22-20-18-16-14-12-10-8-6-4-2/h15,17,21,23,46,48,54,56,62,64,68-70,72-75,77-78,80-82H,3-14,16,18-20,22,24-45,47,49-53,55,57-61,63,65-67H2,1-2H3,(H,76,79)/b17-15-,23-21-,48-46+,56-54+,64-62+. The van der Waals surface area contributed by atoms with Crippen molar-refractivity contribution in [2.24, 2.45) is 0 Å². The lowest BCUT2D eigenvalue weighted by Gasteiger charge is -2.40. The van der Waals surface area contributed by atoms with Crippen LogP contribution in [0.25, 0.3) is 0 Å². The number of carbonyl (C=O) groups excluding carboxylic acids is 1. The summed E-state index contributed by atoms with van der Waals surface area (Å²) in [7, 11) is 0. The van der Waals surface area contributed by atoms with E-state index in [0.717, 1.165) is 51.4 Å². The molecule has 1 saturated heterocycles. The molecule has 0 aromatic carbocycles. The zero-order valence-electron chi connectivity index (χ0n) is 55.2. The van der Waals surface area contributed by atoms with E-state index in [4.69, 9.17) is 9.47 Å². The molecule has 1 aliphatic heterocycles. The summed E-state index contributed by atoms with van der Waals surface area (Å²) < 4.78 is 11.3. The van der Waals surface area contributed by atoms with Crippen molar-refractivity contribution in [3.63, 3.8) is 0 Å². The zero-order valence-corrected chi connectivity index (χ0v) is 55.2. The van der Waals surface area contributed by atoms with E-state index in [1.807, 2.05) is 6.08 Å². The molecule has 84 heavy (non-hydrogen) atoms. The highest BCUT2D eigenvalue weighted by Crippen LogP contribution is 2.23. The predicted octanol–water partition coefficient (Wildman–Crippen LogP) is 20.1. The Morgan fingerprint density at radius 1 is 0.405 bits per heavy atom. The monoisotopic (exact) mass is 1180 g/mol. The van der Waals surface area contributed by atoms with E-state index in [-0.39, 0.29) is 12.5 Å². The lowest BCUT2D eigenvalue weighted by molar-refractivity contribution is -0.302. The van der Waals surface area contributed by atoms with E-state index in [9.17, 15) is 30.3 Å². The van der Waals surface area contributed by atoms with Crippen molar-refractivity contribution in [3.05, 3.63) is 60.8 Å². The summed E-state index contributed by atoms with van der Waals surface area (Å²) >= 11 is 0. The average Bonchev–Trinajstić information content (AvgIpc) is 3.70. The van der Waals surface area contributed by atoms with Gasteiger partial charge in [0.2, 0.25) is 5.91 Å². The number of aliphatic hydroxyl groups excluding tert-OH is 5. The average molecular weight is 1180 g/mol. The van der Waals surface area contributed by atoms with Gasteiger partial charge < -0.3 is 40.3 Å². The first-order valence-corrected chi connectivity index (χ1v) is 36.5. The van der Waals surface area contributed by atoms with Gasteiger partial charge in [0.05, 0.1) is 25.4 Å². The molecular weight excluding hydrogens is 1040 g/mol. The van der Waals surface area contributed by atoms with E-state index in [1.165, 1.54) is 283 Å². The quantitative estimate of drug-likeness (QED) is 0.0261. The van der Waals surface area contributed by atoms with Gasteiger partial charge in [-0.3, -0.25) is 4.79 Å². The number of allylic oxidation sites excluding steroid dienone is 9. The normalized spacial score (nSPS) is 18.5. The second-order valence-corrected chi connectivity index (χ2v) is 25.4. The lowest BCUT2D eigenvalue weighted by atomic mass is 9.99. The number of ether oxygens (including phenoxy) is 2. The summed E-state index contributed by atoms with van der Waals surface area (Å²) in [6, 6.07) is -0.829. The number of amides is 1. The van der Waals surface area contributed by atoms with Crippen LogP contribution < -0.4 is 5.32 Å². The third kappa shape index (κ3) is 51.9. The maximum atomic E-state index is 13.1. The van der Waals surface area contributed by atoms with Gasteiger partial charge in [0.1, 0.15) is 24.4 Å². The van der Waals surface area contributed by atoms with Crippen molar-refractivity contribution in [1.82, 2.24) is 5.32 Å². The van der Waals surface area contributed by atoms with Gasteiger partial charge in [-0.1, -0.05) is 331 Å². The summed E-state index contributed by atoms with van der Waals surface area (Å²) in [4.78, 5) is 13.1. The van der Waals surface area contributed by atoms with E-state index in [0.29, 0.717) is 6.42 Å². The Balaban J connectivity index is 2.05. The fourth-order valence-corrected chi connectivity index (χ4v) is 11.6. The first-order valence-electron chi connectivity index (χ1n) is 36.5. The van der Waals surface area contributed by atoms with Crippen molar-refractivity contribution in [1.29, 1.82) is 0 Å². The Labute approximate surface area is 519 Å². The minimum absolute atomic E-state index is 0.185. The van der Waals surface area contributed by atoms with Gasteiger partial charge in [-0.25, -0.2) is 0 Å². The van der Waals surface area contributed by atoms with Crippen LogP contribution in [0.3, 0.4) is 0 Å². The zero-order chi connectivity index (χ0) is 60.7. The summed E-state index contributed by atoms with van der Waals surface area (Å²) in [5.74, 6) is -0.185. The van der Waals surface area contributed by atoms with Crippen LogP contribution >= 0.6 is 0 Å². The van der Waals surface area contributed by atoms with Crippen LogP contribution in [0.1, 0.15) is 354 Å². The van der Waals surface area contributed by atoms with Crippen LogP contribution in [0.15, 0.2) is 60.8 Å². The highest BCUT2D eigenvalue weighted by molar-refractivity contribution is 5.76. The van der Waals surface area contributed by atoms with Crippen LogP contribution in [0.5, 0.6) is 0 Å². The third-order valence-electron chi connectivity index (χ3n) is 17.3. The van der Waals surface area contributed by atoms with Gasteiger partial charge in [-0.2, -0.15) is 0 Å². The Kier molecular flexibility index (Phi) is 60.8. The molecule has 1 amide bonds. The number of rotatable bonds is 64. The molecule has 9 nitrogen and oxygen atoms in total. The number of carbonyl (C=O) groups is 1. The van der Waals surface area contributed by atoms with Crippen molar-refractivity contribution < 1.29 is 39.8 Å². The van der Waals surface area contributed by atoms with Crippen molar-refractivity contribution in [2.45, 2.75) is 397 Å². The molecule has 1 rings (SSSR count). The van der Waals surface area contributed by atoms with Crippen molar-refractivity contribution in [2.75, 3.05) is 13.2 Å². The van der Waals surface area contributed by atoms with Crippen LogP contribution in [-0.2, 0) is 14.3 Å². The summed E-state index contributed by atoms with van der Waals surface area (Å²) in [5, 5.41) is 54.7. The fraction of sp³-hybridized carbons (Fsp3) is 0.853. The molecule has 0 aromatic heterocycles. The smallest absolute Gasteiger partial charge is 0.220 e. The number of hydrogen-bond donors (Lipinski definition) is 6. The van der Waals surface area contributed by atoms with E-state index < -0.39 is 49.5 Å². The Morgan fingerprint density at radius 2 is 0.714 bits per heavy atom. The maximum absolute atomic E-state index is 13.1. The molecule has 0 bridgehead atoms. The second kappa shape index (κ2) is 63.9. The Morgan fingerprint density at radius 3 is 1.07 bits per heavy atom. The Hall–Kier alpha value is -2.11. The fourth-order valence-electron chi connectivity index (χ4n) is 11.6. The van der Waals surface area contributed by atoms with Gasteiger partial charge in [-0.15, -0.1) is 0 Å². The van der Waals surface area contributed by atoms with Gasteiger partial charge in [0, 0.05) is 6.42 Å². The first-order chi connectivity index (χ1) is 41.3. The highest BCUT2D eigenvalue weighted by atomic mass is 16.7. The molecule has 1 heterocycles. The SMILES string of the molecule is CCCCCCC/C=C\C/C=C\CCCCCCCCCCCCCCCCCCCCCCCCCCCCCCCC(=O)NC(COC1OC(CO)C(O)C(O)C1O)C(O)/C=C/CC/C=C/CC/C=C/CCCCCCCCCCCC. The maximum Gasteiger partial charge on any atom is 0.220 e. The number of hydrogen-bond acceptors (Lipinski definition) is 8. The van der Waals surface area contributed by atoms with Crippen LogP contribution in [-0.4, -0.2) is 87.5 Å². The summed E-state index contributed by atoms with van der Waals surface area (Å²) in [6.45, 7) is 3.78. The minimum Gasteiger partial charge on any atom is -0.394 e. The number of unbranched alkanes of at least 4 members (excludes halogenated alkanes) is 46. The number of nitrogens with one attached hydrogen (secondary N) is 1. The largest absolute Gasteiger partial charge is 0.394 e. The molecule has 0 aliphatic carbocycles. The molecule has 9 heteroatoms. The molecule has 1 fully saturated rings. The van der Waals surface area contributed by atoms with Crippen LogP contribution in [0.2, 0.25) is 0 Å². The van der Waals surface area contributed by atoms with E-state index in [2.05, 4.69) is 67.8 Å². The molecule has 492 valence electrons. The minimum atomic E-state index is -1.58. The molecule has 0 radical (unpaired) electrons. The van der Waals surface area contributed by atoms with Crippen molar-refractivity contribution in [3.8, 4) is 0 Å². The van der Waals surface area contributed by atoms with E-state index >= 15 is 0 Å². The molecule has 6 N–H and O–H groups in total. The van der Waals surface area contributed by atoms with Gasteiger partial charge >= 0.3 is 0 Å². The molecule has 0 aromatic rings. The first kappa shape index (κ1) is 79.9. The summed E-state index contributed by atoms with van der Waals surface area (Å²) in [6.07, 6.45) is 82.1. The van der Waals surface area contributed by atoms with Crippen LogP contribution in [0.4, 0.5) is 0 Å².